The van der Waals surface area contributed by atoms with Gasteiger partial charge in [-0.3, -0.25) is 4.79 Å². The first kappa shape index (κ1) is 15.1. The van der Waals surface area contributed by atoms with Crippen molar-refractivity contribution in [1.29, 1.82) is 0 Å². The fourth-order valence-electron chi connectivity index (χ4n) is 2.66. The normalized spacial score (nSPS) is 17.1. The van der Waals surface area contributed by atoms with Gasteiger partial charge >= 0.3 is 0 Å². The first-order valence-electron chi connectivity index (χ1n) is 7.19. The van der Waals surface area contributed by atoms with Gasteiger partial charge in [-0.2, -0.15) is 0 Å². The molecule has 1 saturated heterocycles. The van der Waals surface area contributed by atoms with E-state index >= 15 is 0 Å². The molecule has 3 N–H and O–H groups in total. The smallest absolute Gasteiger partial charge is 0.255 e. The van der Waals surface area contributed by atoms with Gasteiger partial charge in [-0.15, -0.1) is 0 Å². The summed E-state index contributed by atoms with van der Waals surface area (Å²) in [7, 11) is 0. The number of likely N-dealkylation sites (tertiary alicyclic amines) is 1. The quantitative estimate of drug-likeness (QED) is 0.839. The minimum absolute atomic E-state index is 0.165. The first-order chi connectivity index (χ1) is 9.61. The summed E-state index contributed by atoms with van der Waals surface area (Å²) in [6, 6.07) is 5.35. The lowest BCUT2D eigenvalue weighted by Gasteiger charge is -2.32. The van der Waals surface area contributed by atoms with Crippen LogP contribution >= 0.6 is 11.6 Å². The molecule has 1 heterocycles. The van der Waals surface area contributed by atoms with Crippen LogP contribution in [0.5, 0.6) is 0 Å². The van der Waals surface area contributed by atoms with Gasteiger partial charge < -0.3 is 16.0 Å². The highest BCUT2D eigenvalue weighted by atomic mass is 35.5. The Kier molecular flexibility index (Phi) is 5.26. The SMILES string of the molecule is CCCN1CCC(NC(=O)c2c(N)cccc2Cl)CC1. The molecule has 110 valence electrons. The Hall–Kier alpha value is -1.26. The highest BCUT2D eigenvalue weighted by Crippen LogP contribution is 2.22. The zero-order valence-corrected chi connectivity index (χ0v) is 12.6. The van der Waals surface area contributed by atoms with E-state index in [0.717, 1.165) is 32.5 Å². The van der Waals surface area contributed by atoms with Crippen LogP contribution in [0.15, 0.2) is 18.2 Å². The van der Waals surface area contributed by atoms with Gasteiger partial charge in [0.25, 0.3) is 5.91 Å². The fraction of sp³-hybridized carbons (Fsp3) is 0.533. The molecule has 1 amide bonds. The van der Waals surface area contributed by atoms with Crippen LogP contribution in [0.25, 0.3) is 0 Å². The van der Waals surface area contributed by atoms with Gasteiger partial charge in [-0.25, -0.2) is 0 Å². The largest absolute Gasteiger partial charge is 0.398 e. The van der Waals surface area contributed by atoms with Crippen molar-refractivity contribution in [2.75, 3.05) is 25.4 Å². The maximum atomic E-state index is 12.3. The summed E-state index contributed by atoms with van der Waals surface area (Å²) in [6.45, 7) is 5.40. The molecular formula is C15H22ClN3O. The predicted octanol–water partition coefficient (Wildman–Crippen LogP) is 2.53. The molecular weight excluding hydrogens is 274 g/mol. The molecule has 1 fully saturated rings. The van der Waals surface area contributed by atoms with E-state index in [0.29, 0.717) is 16.3 Å². The van der Waals surface area contributed by atoms with Crippen molar-refractivity contribution < 1.29 is 4.79 Å². The van der Waals surface area contributed by atoms with Crippen molar-refractivity contribution in [2.24, 2.45) is 0 Å². The van der Waals surface area contributed by atoms with Gasteiger partial charge in [0.1, 0.15) is 0 Å². The number of nitrogens with zero attached hydrogens (tertiary/aromatic N) is 1. The Balaban J connectivity index is 1.93. The fourth-order valence-corrected chi connectivity index (χ4v) is 2.92. The molecule has 1 aliphatic heterocycles. The van der Waals surface area contributed by atoms with E-state index < -0.39 is 0 Å². The number of carbonyl (C=O) groups excluding carboxylic acids is 1. The van der Waals surface area contributed by atoms with E-state index in [9.17, 15) is 4.79 Å². The summed E-state index contributed by atoms with van der Waals surface area (Å²) in [5.74, 6) is -0.165. The summed E-state index contributed by atoms with van der Waals surface area (Å²) in [5.41, 5.74) is 6.66. The summed E-state index contributed by atoms with van der Waals surface area (Å²) in [4.78, 5) is 14.7. The monoisotopic (exact) mass is 295 g/mol. The Morgan fingerprint density at radius 2 is 2.15 bits per heavy atom. The van der Waals surface area contributed by atoms with Crippen molar-refractivity contribution in [3.8, 4) is 0 Å². The van der Waals surface area contributed by atoms with Crippen LogP contribution in [-0.2, 0) is 0 Å². The van der Waals surface area contributed by atoms with Crippen LogP contribution in [0.1, 0.15) is 36.5 Å². The highest BCUT2D eigenvalue weighted by molar-refractivity contribution is 6.34. The van der Waals surface area contributed by atoms with Crippen LogP contribution < -0.4 is 11.1 Å². The molecule has 0 atom stereocenters. The zero-order valence-electron chi connectivity index (χ0n) is 11.9. The van der Waals surface area contributed by atoms with E-state index in [2.05, 4.69) is 17.1 Å². The van der Waals surface area contributed by atoms with Crippen LogP contribution in [-0.4, -0.2) is 36.5 Å². The topological polar surface area (TPSA) is 58.4 Å². The van der Waals surface area contributed by atoms with Crippen LogP contribution in [0.4, 0.5) is 5.69 Å². The van der Waals surface area contributed by atoms with E-state index in [1.165, 1.54) is 6.42 Å². The number of hydrogen-bond acceptors (Lipinski definition) is 3. The predicted molar refractivity (Wildman–Crippen MR) is 83.1 cm³/mol. The molecule has 0 saturated carbocycles. The van der Waals surface area contributed by atoms with Gasteiger partial charge in [-0.05, 0) is 37.9 Å². The number of halogens is 1. The Morgan fingerprint density at radius 3 is 2.75 bits per heavy atom. The van der Waals surface area contributed by atoms with Crippen molar-refractivity contribution in [1.82, 2.24) is 10.2 Å². The van der Waals surface area contributed by atoms with Gasteiger partial charge in [0.2, 0.25) is 0 Å². The van der Waals surface area contributed by atoms with Crippen molar-refractivity contribution in [3.05, 3.63) is 28.8 Å². The number of nitrogen functional groups attached to an aromatic ring is 1. The third-order valence-corrected chi connectivity index (χ3v) is 4.05. The summed E-state index contributed by atoms with van der Waals surface area (Å²) in [5, 5.41) is 3.46. The second kappa shape index (κ2) is 6.95. The molecule has 1 aromatic rings. The molecule has 0 unspecified atom stereocenters. The number of carbonyl (C=O) groups is 1. The maximum Gasteiger partial charge on any atom is 0.255 e. The number of rotatable bonds is 4. The average Bonchev–Trinajstić information content (AvgIpc) is 2.41. The van der Waals surface area contributed by atoms with Crippen LogP contribution in [0.2, 0.25) is 5.02 Å². The number of benzene rings is 1. The number of piperidine rings is 1. The molecule has 20 heavy (non-hydrogen) atoms. The molecule has 1 aromatic carbocycles. The van der Waals surface area contributed by atoms with Gasteiger partial charge in [0.05, 0.1) is 10.6 Å². The summed E-state index contributed by atoms with van der Waals surface area (Å²) in [6.07, 6.45) is 3.14. The maximum absolute atomic E-state index is 12.3. The van der Waals surface area contributed by atoms with Crippen LogP contribution in [0, 0.1) is 0 Å². The van der Waals surface area contributed by atoms with Crippen LogP contribution in [0.3, 0.4) is 0 Å². The third kappa shape index (κ3) is 3.64. The number of nitrogens with two attached hydrogens (primary N) is 1. The standard InChI is InChI=1S/C15H22ClN3O/c1-2-8-19-9-6-11(7-10-19)18-15(20)14-12(16)4-3-5-13(14)17/h3-5,11H,2,6-10,17H2,1H3,(H,18,20). The molecule has 1 aliphatic rings. The molecule has 0 radical (unpaired) electrons. The molecule has 0 aromatic heterocycles. The third-order valence-electron chi connectivity index (χ3n) is 3.74. The molecule has 0 spiro atoms. The minimum Gasteiger partial charge on any atom is -0.398 e. The molecule has 2 rings (SSSR count). The second-order valence-corrected chi connectivity index (χ2v) is 5.70. The lowest BCUT2D eigenvalue weighted by Crippen LogP contribution is -2.44. The van der Waals surface area contributed by atoms with E-state index in [1.807, 2.05) is 0 Å². The average molecular weight is 296 g/mol. The van der Waals surface area contributed by atoms with Gasteiger partial charge in [0.15, 0.2) is 0 Å². The van der Waals surface area contributed by atoms with Crippen molar-refractivity contribution >= 4 is 23.2 Å². The molecule has 0 aliphatic carbocycles. The minimum atomic E-state index is -0.165. The van der Waals surface area contributed by atoms with Gasteiger partial charge in [0, 0.05) is 24.8 Å². The molecule has 5 heteroatoms. The summed E-state index contributed by atoms with van der Waals surface area (Å²) >= 11 is 6.06. The Bertz CT molecular complexity index is 450. The van der Waals surface area contributed by atoms with E-state index in [-0.39, 0.29) is 11.9 Å². The number of amides is 1. The Morgan fingerprint density at radius 1 is 1.45 bits per heavy atom. The number of anilines is 1. The first-order valence-corrected chi connectivity index (χ1v) is 7.56. The highest BCUT2D eigenvalue weighted by Gasteiger charge is 2.22. The lowest BCUT2D eigenvalue weighted by molar-refractivity contribution is 0.0912. The second-order valence-electron chi connectivity index (χ2n) is 5.29. The Labute approximate surface area is 125 Å². The van der Waals surface area contributed by atoms with Crippen molar-refractivity contribution in [2.45, 2.75) is 32.2 Å². The van der Waals surface area contributed by atoms with Gasteiger partial charge in [-0.1, -0.05) is 24.6 Å². The summed E-state index contributed by atoms with van der Waals surface area (Å²) < 4.78 is 0. The van der Waals surface area contributed by atoms with Crippen molar-refractivity contribution in [3.63, 3.8) is 0 Å². The van der Waals surface area contributed by atoms with E-state index in [1.54, 1.807) is 18.2 Å². The lowest BCUT2D eigenvalue weighted by atomic mass is 10.0. The zero-order chi connectivity index (χ0) is 14.5. The number of nitrogens with one attached hydrogen (secondary N) is 1. The van der Waals surface area contributed by atoms with E-state index in [4.69, 9.17) is 17.3 Å². The molecule has 0 bridgehead atoms. The number of hydrogen-bond donors (Lipinski definition) is 2. The molecule has 4 nitrogen and oxygen atoms in total.